The maximum absolute atomic E-state index is 12.6. The lowest BCUT2D eigenvalue weighted by Gasteiger charge is -2.10. The molecule has 114 valence electrons. The van der Waals surface area contributed by atoms with Crippen molar-refractivity contribution in [2.24, 2.45) is 5.73 Å². The molecule has 7 heteroatoms. The molecule has 0 unspecified atom stereocenters. The van der Waals surface area contributed by atoms with Gasteiger partial charge < -0.3 is 10.5 Å². The molecule has 0 bridgehead atoms. The summed E-state index contributed by atoms with van der Waals surface area (Å²) in [7, 11) is 0. The second-order valence-electron chi connectivity index (χ2n) is 5.20. The van der Waals surface area contributed by atoms with Gasteiger partial charge in [0.15, 0.2) is 0 Å². The molecule has 6 nitrogen and oxygen atoms in total. The highest BCUT2D eigenvalue weighted by Gasteiger charge is 2.20. The van der Waals surface area contributed by atoms with E-state index in [1.165, 1.54) is 9.44 Å². The van der Waals surface area contributed by atoms with E-state index < -0.39 is 0 Å². The number of nitrogens with two attached hydrogens (primary N) is 1. The Hall–Kier alpha value is -1.44. The lowest BCUT2D eigenvalue weighted by Crippen LogP contribution is -2.36. The van der Waals surface area contributed by atoms with Crippen molar-refractivity contribution in [3.63, 3.8) is 0 Å². The summed E-state index contributed by atoms with van der Waals surface area (Å²) < 4.78 is 6.50. The van der Waals surface area contributed by atoms with Crippen LogP contribution in [0.5, 0.6) is 0 Å². The Balaban J connectivity index is 2.01. The molecule has 2 aromatic heterocycles. The average Bonchev–Trinajstić information content (AvgIpc) is 2.84. The first-order valence-corrected chi connectivity index (χ1v) is 8.09. The third-order valence-corrected chi connectivity index (χ3v) is 5.02. The lowest BCUT2D eigenvalue weighted by molar-refractivity contribution is 0.131. The van der Waals surface area contributed by atoms with Crippen molar-refractivity contribution in [1.29, 1.82) is 0 Å². The summed E-state index contributed by atoms with van der Waals surface area (Å²) in [6.07, 6.45) is 4.21. The normalized spacial score (nSPS) is 14.5. The Morgan fingerprint density at radius 2 is 2.05 bits per heavy atom. The minimum atomic E-state index is -0.359. The van der Waals surface area contributed by atoms with Gasteiger partial charge in [-0.05, 0) is 31.2 Å². The van der Waals surface area contributed by atoms with E-state index in [9.17, 15) is 9.59 Å². The zero-order valence-corrected chi connectivity index (χ0v) is 12.6. The van der Waals surface area contributed by atoms with Gasteiger partial charge in [0, 0.05) is 11.4 Å². The van der Waals surface area contributed by atoms with Gasteiger partial charge in [0.25, 0.3) is 5.56 Å². The molecule has 1 aliphatic carbocycles. The molecule has 0 saturated carbocycles. The number of ether oxygens (including phenoxy) is 1. The molecule has 0 aromatic carbocycles. The van der Waals surface area contributed by atoms with Crippen molar-refractivity contribution in [2.75, 3.05) is 19.8 Å². The van der Waals surface area contributed by atoms with E-state index in [-0.39, 0.29) is 17.8 Å². The summed E-state index contributed by atoms with van der Waals surface area (Å²) in [6.45, 7) is 1.44. The van der Waals surface area contributed by atoms with Crippen LogP contribution in [0.4, 0.5) is 0 Å². The molecule has 0 amide bonds. The standard InChI is InChI=1S/C14H19N3O3S/c15-5-7-20-8-6-17-13(18)11-9-3-1-2-4-10(9)21-12(11)16-14(17)19/h1-8,15H2,(H,16,19). The predicted molar refractivity (Wildman–Crippen MR) is 83.2 cm³/mol. The van der Waals surface area contributed by atoms with Gasteiger partial charge in [0.2, 0.25) is 0 Å². The average molecular weight is 309 g/mol. The summed E-state index contributed by atoms with van der Waals surface area (Å²) in [5.74, 6) is 0. The smallest absolute Gasteiger partial charge is 0.329 e. The van der Waals surface area contributed by atoms with Crippen molar-refractivity contribution < 1.29 is 4.74 Å². The van der Waals surface area contributed by atoms with Crippen molar-refractivity contribution in [3.05, 3.63) is 31.3 Å². The Kier molecular flexibility index (Phi) is 4.23. The van der Waals surface area contributed by atoms with Crippen molar-refractivity contribution in [1.82, 2.24) is 9.55 Å². The predicted octanol–water partition coefficient (Wildman–Crippen LogP) is 0.605. The molecule has 2 heterocycles. The molecule has 0 saturated heterocycles. The van der Waals surface area contributed by atoms with Crippen LogP contribution in [0.25, 0.3) is 10.2 Å². The number of hydrogen-bond donors (Lipinski definition) is 2. The summed E-state index contributed by atoms with van der Waals surface area (Å²) in [4.78, 5) is 29.5. The zero-order chi connectivity index (χ0) is 14.8. The fourth-order valence-electron chi connectivity index (χ4n) is 2.82. The number of fused-ring (bicyclic) bond motifs is 3. The van der Waals surface area contributed by atoms with Gasteiger partial charge in [0.1, 0.15) is 4.83 Å². The quantitative estimate of drug-likeness (QED) is 0.792. The minimum absolute atomic E-state index is 0.190. The fourth-order valence-corrected chi connectivity index (χ4v) is 4.09. The van der Waals surface area contributed by atoms with Gasteiger partial charge in [0.05, 0.1) is 25.1 Å². The number of aryl methyl sites for hydroxylation is 2. The second-order valence-corrected chi connectivity index (χ2v) is 6.31. The Morgan fingerprint density at radius 3 is 2.86 bits per heavy atom. The number of rotatable bonds is 5. The van der Waals surface area contributed by atoms with Gasteiger partial charge in [-0.1, -0.05) is 0 Å². The van der Waals surface area contributed by atoms with Crippen LogP contribution in [0.2, 0.25) is 0 Å². The molecule has 0 radical (unpaired) electrons. The van der Waals surface area contributed by atoms with Crippen LogP contribution >= 0.6 is 11.3 Å². The fraction of sp³-hybridized carbons (Fsp3) is 0.571. The highest BCUT2D eigenvalue weighted by Crippen LogP contribution is 2.32. The van der Waals surface area contributed by atoms with Crippen molar-refractivity contribution in [3.8, 4) is 0 Å². The SMILES string of the molecule is NCCOCCn1c(=O)[nH]c2sc3c(c2c1=O)CCCC3. The van der Waals surface area contributed by atoms with E-state index in [2.05, 4.69) is 4.98 Å². The number of thiophene rings is 1. The molecular formula is C14H19N3O3S. The van der Waals surface area contributed by atoms with Crippen LogP contribution in [0.1, 0.15) is 23.3 Å². The summed E-state index contributed by atoms with van der Waals surface area (Å²) >= 11 is 1.55. The highest BCUT2D eigenvalue weighted by atomic mass is 32.1. The molecule has 0 aliphatic heterocycles. The van der Waals surface area contributed by atoms with Gasteiger partial charge in [-0.15, -0.1) is 11.3 Å². The summed E-state index contributed by atoms with van der Waals surface area (Å²) in [6, 6.07) is 0. The van der Waals surface area contributed by atoms with Crippen LogP contribution < -0.4 is 17.0 Å². The molecule has 0 fully saturated rings. The first-order chi connectivity index (χ1) is 10.2. The van der Waals surface area contributed by atoms with E-state index in [1.807, 2.05) is 0 Å². The number of nitrogens with zero attached hydrogens (tertiary/aromatic N) is 1. The molecule has 3 N–H and O–H groups in total. The minimum Gasteiger partial charge on any atom is -0.378 e. The second kappa shape index (κ2) is 6.13. The molecule has 1 aliphatic rings. The number of aromatic amines is 1. The number of hydrogen-bond acceptors (Lipinski definition) is 5. The van der Waals surface area contributed by atoms with Crippen molar-refractivity contribution in [2.45, 2.75) is 32.2 Å². The van der Waals surface area contributed by atoms with Gasteiger partial charge in [-0.3, -0.25) is 14.3 Å². The van der Waals surface area contributed by atoms with E-state index in [1.54, 1.807) is 11.3 Å². The van der Waals surface area contributed by atoms with Crippen LogP contribution in [0, 0.1) is 0 Å². The van der Waals surface area contributed by atoms with Crippen molar-refractivity contribution >= 4 is 21.6 Å². The molecule has 2 aromatic rings. The first kappa shape index (κ1) is 14.5. The van der Waals surface area contributed by atoms with Gasteiger partial charge >= 0.3 is 5.69 Å². The van der Waals surface area contributed by atoms with Gasteiger partial charge in [-0.2, -0.15) is 0 Å². The molecule has 21 heavy (non-hydrogen) atoms. The third-order valence-electron chi connectivity index (χ3n) is 3.82. The largest absolute Gasteiger partial charge is 0.378 e. The van der Waals surface area contributed by atoms with E-state index in [0.717, 1.165) is 36.1 Å². The maximum atomic E-state index is 12.6. The number of H-pyrrole nitrogens is 1. The third kappa shape index (κ3) is 2.68. The van der Waals surface area contributed by atoms with Crippen LogP contribution in [0.3, 0.4) is 0 Å². The van der Waals surface area contributed by atoms with Crippen LogP contribution in [-0.2, 0) is 24.1 Å². The Bertz CT molecular complexity index is 759. The number of aromatic nitrogens is 2. The van der Waals surface area contributed by atoms with Crippen LogP contribution in [-0.4, -0.2) is 29.3 Å². The van der Waals surface area contributed by atoms with Gasteiger partial charge in [-0.25, -0.2) is 4.79 Å². The highest BCUT2D eigenvalue weighted by molar-refractivity contribution is 7.18. The molecule has 0 atom stereocenters. The maximum Gasteiger partial charge on any atom is 0.329 e. The lowest BCUT2D eigenvalue weighted by atomic mass is 9.97. The number of nitrogens with one attached hydrogen (secondary N) is 1. The molecule has 3 rings (SSSR count). The molecular weight excluding hydrogens is 290 g/mol. The topological polar surface area (TPSA) is 90.1 Å². The zero-order valence-electron chi connectivity index (χ0n) is 11.8. The summed E-state index contributed by atoms with van der Waals surface area (Å²) in [5.41, 5.74) is 5.93. The van der Waals surface area contributed by atoms with E-state index in [0.29, 0.717) is 25.1 Å². The molecule has 0 spiro atoms. The van der Waals surface area contributed by atoms with E-state index in [4.69, 9.17) is 10.5 Å². The Labute approximate surface area is 125 Å². The summed E-state index contributed by atoms with van der Waals surface area (Å²) in [5, 5.41) is 0.702. The van der Waals surface area contributed by atoms with Crippen LogP contribution in [0.15, 0.2) is 9.59 Å². The Morgan fingerprint density at radius 1 is 1.24 bits per heavy atom. The monoisotopic (exact) mass is 309 g/mol. The first-order valence-electron chi connectivity index (χ1n) is 7.27. The van der Waals surface area contributed by atoms with E-state index >= 15 is 0 Å².